The van der Waals surface area contributed by atoms with E-state index < -0.39 is 4.92 Å². The second-order valence-electron chi connectivity index (χ2n) is 5.06. The molecule has 1 saturated carbocycles. The Kier molecular flexibility index (Phi) is 4.14. The molecule has 0 saturated heterocycles. The molecule has 0 heterocycles. The third-order valence-corrected chi connectivity index (χ3v) is 3.46. The molecule has 0 aromatic heterocycles. The zero-order valence-electron chi connectivity index (χ0n) is 10.9. The number of non-ortho nitro benzene ring substituents is 1. The normalized spacial score (nSPS) is 16.1. The first-order valence-electron chi connectivity index (χ1n) is 6.36. The number of nitrogens with zero attached hydrogens (tertiary/aromatic N) is 1. The van der Waals surface area contributed by atoms with E-state index in [1.807, 2.05) is 0 Å². The van der Waals surface area contributed by atoms with Crippen LogP contribution in [0.5, 0.6) is 0 Å². The SMILES string of the molecule is O=C(/C=C/c1ccc([N+](=O)[O-])cc1)NCC1(CO)CC1. The molecule has 1 aliphatic carbocycles. The second-order valence-corrected chi connectivity index (χ2v) is 5.06. The Morgan fingerprint density at radius 3 is 2.55 bits per heavy atom. The zero-order chi connectivity index (χ0) is 14.6. The minimum atomic E-state index is -0.468. The summed E-state index contributed by atoms with van der Waals surface area (Å²) in [5, 5.41) is 22.4. The number of amides is 1. The maximum absolute atomic E-state index is 11.6. The molecule has 2 rings (SSSR count). The monoisotopic (exact) mass is 276 g/mol. The fourth-order valence-electron chi connectivity index (χ4n) is 1.78. The van der Waals surface area contributed by atoms with E-state index in [0.717, 1.165) is 12.8 Å². The fraction of sp³-hybridized carbons (Fsp3) is 0.357. The highest BCUT2D eigenvalue weighted by Gasteiger charge is 2.41. The summed E-state index contributed by atoms with van der Waals surface area (Å²) < 4.78 is 0. The van der Waals surface area contributed by atoms with E-state index in [2.05, 4.69) is 5.32 Å². The molecule has 0 atom stereocenters. The van der Waals surface area contributed by atoms with Crippen molar-refractivity contribution in [2.75, 3.05) is 13.2 Å². The molecule has 1 amide bonds. The fourth-order valence-corrected chi connectivity index (χ4v) is 1.78. The van der Waals surface area contributed by atoms with Gasteiger partial charge in [0.1, 0.15) is 0 Å². The van der Waals surface area contributed by atoms with Crippen LogP contribution in [0.4, 0.5) is 5.69 Å². The van der Waals surface area contributed by atoms with Crippen molar-refractivity contribution in [3.63, 3.8) is 0 Å². The molecule has 2 N–H and O–H groups in total. The standard InChI is InChI=1S/C14H16N2O4/c17-10-14(7-8-14)9-15-13(18)6-3-11-1-4-12(5-2-11)16(19)20/h1-6,17H,7-10H2,(H,15,18)/b6-3+. The lowest BCUT2D eigenvalue weighted by Crippen LogP contribution is -2.30. The number of rotatable bonds is 6. The van der Waals surface area contributed by atoms with Crippen LogP contribution in [0.3, 0.4) is 0 Å². The maximum Gasteiger partial charge on any atom is 0.269 e. The van der Waals surface area contributed by atoms with Gasteiger partial charge in [-0.25, -0.2) is 0 Å². The zero-order valence-corrected chi connectivity index (χ0v) is 10.9. The number of nitro groups is 1. The highest BCUT2D eigenvalue weighted by molar-refractivity contribution is 5.91. The Bertz CT molecular complexity index is 533. The number of aliphatic hydroxyl groups is 1. The van der Waals surface area contributed by atoms with Gasteiger partial charge in [0.05, 0.1) is 11.5 Å². The quantitative estimate of drug-likeness (QED) is 0.468. The van der Waals surface area contributed by atoms with Crippen LogP contribution in [0.2, 0.25) is 0 Å². The number of carbonyl (C=O) groups is 1. The number of nitro benzene ring substituents is 1. The van der Waals surface area contributed by atoms with Crippen molar-refractivity contribution >= 4 is 17.7 Å². The summed E-state index contributed by atoms with van der Waals surface area (Å²) in [5.74, 6) is -0.233. The molecule has 1 aromatic rings. The first-order chi connectivity index (χ1) is 9.54. The van der Waals surface area contributed by atoms with Gasteiger partial charge in [0, 0.05) is 30.2 Å². The third kappa shape index (κ3) is 3.64. The van der Waals surface area contributed by atoms with Crippen molar-refractivity contribution in [2.45, 2.75) is 12.8 Å². The molecule has 106 valence electrons. The topological polar surface area (TPSA) is 92.5 Å². The van der Waals surface area contributed by atoms with E-state index in [-0.39, 0.29) is 23.6 Å². The molecule has 6 nitrogen and oxygen atoms in total. The van der Waals surface area contributed by atoms with Gasteiger partial charge < -0.3 is 10.4 Å². The number of aliphatic hydroxyl groups excluding tert-OH is 1. The van der Waals surface area contributed by atoms with Crippen molar-refractivity contribution in [2.24, 2.45) is 5.41 Å². The molecule has 1 fully saturated rings. The molecular weight excluding hydrogens is 260 g/mol. The lowest BCUT2D eigenvalue weighted by molar-refractivity contribution is -0.384. The molecule has 6 heteroatoms. The highest BCUT2D eigenvalue weighted by atomic mass is 16.6. The van der Waals surface area contributed by atoms with E-state index in [9.17, 15) is 14.9 Å². The van der Waals surface area contributed by atoms with Crippen LogP contribution < -0.4 is 5.32 Å². The van der Waals surface area contributed by atoms with Gasteiger partial charge in [0.15, 0.2) is 0 Å². The van der Waals surface area contributed by atoms with Gasteiger partial charge in [-0.05, 0) is 36.6 Å². The van der Waals surface area contributed by atoms with Gasteiger partial charge in [-0.15, -0.1) is 0 Å². The van der Waals surface area contributed by atoms with Crippen LogP contribution in [0.15, 0.2) is 30.3 Å². The van der Waals surface area contributed by atoms with Crippen molar-refractivity contribution in [3.8, 4) is 0 Å². The van der Waals surface area contributed by atoms with Crippen LogP contribution >= 0.6 is 0 Å². The van der Waals surface area contributed by atoms with Gasteiger partial charge in [-0.1, -0.05) is 0 Å². The summed E-state index contributed by atoms with van der Waals surface area (Å²) in [5.41, 5.74) is 0.621. The van der Waals surface area contributed by atoms with Crippen molar-refractivity contribution in [1.29, 1.82) is 0 Å². The molecular formula is C14H16N2O4. The lowest BCUT2D eigenvalue weighted by Gasteiger charge is -2.10. The Labute approximate surface area is 116 Å². The first kappa shape index (κ1) is 14.2. The van der Waals surface area contributed by atoms with Gasteiger partial charge in [-0.3, -0.25) is 14.9 Å². The minimum absolute atomic E-state index is 0.0187. The second kappa shape index (κ2) is 5.83. The summed E-state index contributed by atoms with van der Waals surface area (Å²) in [4.78, 5) is 21.6. The van der Waals surface area contributed by atoms with Crippen LogP contribution in [0, 0.1) is 15.5 Å². The van der Waals surface area contributed by atoms with Crippen LogP contribution in [0.25, 0.3) is 6.08 Å². The minimum Gasteiger partial charge on any atom is -0.396 e. The van der Waals surface area contributed by atoms with E-state index >= 15 is 0 Å². The maximum atomic E-state index is 11.6. The molecule has 20 heavy (non-hydrogen) atoms. The summed E-state index contributed by atoms with van der Waals surface area (Å²) in [6.07, 6.45) is 4.86. The number of carbonyl (C=O) groups excluding carboxylic acids is 1. The van der Waals surface area contributed by atoms with Crippen molar-refractivity contribution < 1.29 is 14.8 Å². The first-order valence-corrected chi connectivity index (χ1v) is 6.36. The predicted molar refractivity (Wildman–Crippen MR) is 73.9 cm³/mol. The molecule has 0 bridgehead atoms. The summed E-state index contributed by atoms with van der Waals surface area (Å²) in [6, 6.07) is 5.95. The number of nitrogens with one attached hydrogen (secondary N) is 1. The Morgan fingerprint density at radius 1 is 1.40 bits per heavy atom. The molecule has 1 aliphatic rings. The molecule has 0 spiro atoms. The highest BCUT2D eigenvalue weighted by Crippen LogP contribution is 2.44. The average molecular weight is 276 g/mol. The Hall–Kier alpha value is -2.21. The largest absolute Gasteiger partial charge is 0.396 e. The van der Waals surface area contributed by atoms with E-state index in [0.29, 0.717) is 12.1 Å². The van der Waals surface area contributed by atoms with Crippen molar-refractivity contribution in [3.05, 3.63) is 46.0 Å². The number of hydrogen-bond acceptors (Lipinski definition) is 4. The van der Waals surface area contributed by atoms with Crippen LogP contribution in [-0.2, 0) is 4.79 Å². The van der Waals surface area contributed by atoms with E-state index in [4.69, 9.17) is 5.11 Å². The van der Waals surface area contributed by atoms with Gasteiger partial charge in [-0.2, -0.15) is 0 Å². The number of benzene rings is 1. The molecule has 1 aromatic carbocycles. The molecule has 0 unspecified atom stereocenters. The van der Waals surface area contributed by atoms with Gasteiger partial charge >= 0.3 is 0 Å². The molecule has 0 radical (unpaired) electrons. The van der Waals surface area contributed by atoms with E-state index in [1.165, 1.54) is 18.2 Å². The summed E-state index contributed by atoms with van der Waals surface area (Å²) in [7, 11) is 0. The Balaban J connectivity index is 1.85. The average Bonchev–Trinajstić information content (AvgIpc) is 3.24. The lowest BCUT2D eigenvalue weighted by atomic mass is 10.1. The van der Waals surface area contributed by atoms with Gasteiger partial charge in [0.2, 0.25) is 5.91 Å². The van der Waals surface area contributed by atoms with Crippen molar-refractivity contribution in [1.82, 2.24) is 5.32 Å². The summed E-state index contributed by atoms with van der Waals surface area (Å²) >= 11 is 0. The number of hydrogen-bond donors (Lipinski definition) is 2. The Morgan fingerprint density at radius 2 is 2.05 bits per heavy atom. The third-order valence-electron chi connectivity index (χ3n) is 3.46. The summed E-state index contributed by atoms with van der Waals surface area (Å²) in [6.45, 7) is 0.576. The molecule has 0 aliphatic heterocycles. The van der Waals surface area contributed by atoms with E-state index in [1.54, 1.807) is 18.2 Å². The van der Waals surface area contributed by atoms with Crippen LogP contribution in [0.1, 0.15) is 18.4 Å². The van der Waals surface area contributed by atoms with Crippen LogP contribution in [-0.4, -0.2) is 29.1 Å². The van der Waals surface area contributed by atoms with Gasteiger partial charge in [0.25, 0.3) is 5.69 Å². The smallest absolute Gasteiger partial charge is 0.269 e. The predicted octanol–water partition coefficient (Wildman–Crippen LogP) is 1.50.